The summed E-state index contributed by atoms with van der Waals surface area (Å²) in [4.78, 5) is 0.158. The molecule has 0 aromatic heterocycles. The molecule has 0 saturated heterocycles. The molecule has 2 aromatic rings. The van der Waals surface area contributed by atoms with Crippen molar-refractivity contribution in [3.8, 4) is 11.5 Å². The van der Waals surface area contributed by atoms with Gasteiger partial charge in [-0.1, -0.05) is 12.1 Å². The molecule has 6 heteroatoms. The summed E-state index contributed by atoms with van der Waals surface area (Å²) in [7, 11) is 0. The normalized spacial score (nSPS) is 11.4. The summed E-state index contributed by atoms with van der Waals surface area (Å²) in [6, 6.07) is 11.4. The second-order valence-electron chi connectivity index (χ2n) is 4.11. The highest BCUT2D eigenvalue weighted by Crippen LogP contribution is 2.39. The maximum Gasteiger partial charge on any atom is 0.446 e. The van der Waals surface area contributed by atoms with E-state index in [1.807, 2.05) is 0 Å². The van der Waals surface area contributed by atoms with E-state index in [0.29, 0.717) is 22.7 Å². The van der Waals surface area contributed by atoms with E-state index in [9.17, 15) is 13.2 Å². The molecule has 2 rings (SSSR count). The third-order valence-electron chi connectivity index (χ3n) is 2.52. The average molecular weight is 299 g/mol. The molecule has 0 bridgehead atoms. The van der Waals surface area contributed by atoms with Gasteiger partial charge < -0.3 is 10.5 Å². The first kappa shape index (κ1) is 14.6. The van der Waals surface area contributed by atoms with Crippen LogP contribution in [0.25, 0.3) is 0 Å². The number of halogens is 3. The fourth-order valence-corrected chi connectivity index (χ4v) is 2.23. The van der Waals surface area contributed by atoms with E-state index in [1.54, 1.807) is 37.3 Å². The number of hydrogen-bond donors (Lipinski definition) is 1. The van der Waals surface area contributed by atoms with Crippen LogP contribution in [0.1, 0.15) is 5.56 Å². The molecule has 0 aliphatic heterocycles. The molecule has 0 heterocycles. The van der Waals surface area contributed by atoms with Crippen LogP contribution in [0.5, 0.6) is 11.5 Å². The van der Waals surface area contributed by atoms with Crippen LogP contribution in [0, 0.1) is 6.92 Å². The van der Waals surface area contributed by atoms with Crippen LogP contribution in [-0.2, 0) is 0 Å². The van der Waals surface area contributed by atoms with Crippen molar-refractivity contribution < 1.29 is 17.9 Å². The summed E-state index contributed by atoms with van der Waals surface area (Å²) in [5.74, 6) is 0.926. The van der Waals surface area contributed by atoms with Crippen molar-refractivity contribution in [2.24, 2.45) is 0 Å². The lowest BCUT2D eigenvalue weighted by Crippen LogP contribution is -2.00. The zero-order valence-electron chi connectivity index (χ0n) is 10.6. The Kier molecular flexibility index (Phi) is 4.13. The van der Waals surface area contributed by atoms with Gasteiger partial charge in [0.2, 0.25) is 0 Å². The van der Waals surface area contributed by atoms with Gasteiger partial charge >= 0.3 is 5.51 Å². The minimum atomic E-state index is -4.29. The Morgan fingerprint density at radius 3 is 2.40 bits per heavy atom. The van der Waals surface area contributed by atoms with Crippen LogP contribution in [0.15, 0.2) is 47.4 Å². The van der Waals surface area contributed by atoms with Gasteiger partial charge in [0.25, 0.3) is 0 Å². The van der Waals surface area contributed by atoms with E-state index in [4.69, 9.17) is 10.5 Å². The monoisotopic (exact) mass is 299 g/mol. The van der Waals surface area contributed by atoms with Gasteiger partial charge in [0.05, 0.1) is 5.69 Å². The molecule has 0 fully saturated rings. The molecule has 2 N–H and O–H groups in total. The molecule has 0 atom stereocenters. The Bertz CT molecular complexity index is 614. The van der Waals surface area contributed by atoms with E-state index < -0.39 is 5.51 Å². The largest absolute Gasteiger partial charge is 0.455 e. The maximum absolute atomic E-state index is 12.3. The first-order chi connectivity index (χ1) is 9.35. The molecule has 0 saturated carbocycles. The van der Waals surface area contributed by atoms with Crippen molar-refractivity contribution >= 4 is 17.4 Å². The highest BCUT2D eigenvalue weighted by molar-refractivity contribution is 8.00. The quantitative estimate of drug-likeness (QED) is 0.641. The first-order valence-corrected chi connectivity index (χ1v) is 6.55. The Labute approximate surface area is 118 Å². The number of rotatable bonds is 3. The summed E-state index contributed by atoms with van der Waals surface area (Å²) in [6.07, 6.45) is 0. The van der Waals surface area contributed by atoms with Gasteiger partial charge in [-0.2, -0.15) is 13.2 Å². The number of nitrogen functional groups attached to an aromatic ring is 1. The Morgan fingerprint density at radius 1 is 1.10 bits per heavy atom. The van der Waals surface area contributed by atoms with E-state index in [-0.39, 0.29) is 16.7 Å². The molecule has 0 aliphatic rings. The predicted octanol–water partition coefficient (Wildman–Crippen LogP) is 4.98. The van der Waals surface area contributed by atoms with Crippen LogP contribution in [0.3, 0.4) is 0 Å². The summed E-state index contributed by atoms with van der Waals surface area (Å²) in [5, 5.41) is 0. The molecule has 20 heavy (non-hydrogen) atoms. The number of thioether (sulfide) groups is 1. The molecule has 0 unspecified atom stereocenters. The minimum absolute atomic E-state index is 0.135. The number of nitrogens with two attached hydrogens (primary N) is 1. The smallest absolute Gasteiger partial charge is 0.446 e. The average Bonchev–Trinajstić information content (AvgIpc) is 2.34. The lowest BCUT2D eigenvalue weighted by Gasteiger charge is -2.12. The maximum atomic E-state index is 12.3. The van der Waals surface area contributed by atoms with Crippen molar-refractivity contribution in [1.82, 2.24) is 0 Å². The van der Waals surface area contributed by atoms with Gasteiger partial charge in [0, 0.05) is 4.90 Å². The van der Waals surface area contributed by atoms with Crippen LogP contribution in [-0.4, -0.2) is 5.51 Å². The molecule has 0 spiro atoms. The molecular weight excluding hydrogens is 287 g/mol. The highest BCUT2D eigenvalue weighted by Gasteiger charge is 2.29. The molecule has 0 aliphatic carbocycles. The van der Waals surface area contributed by atoms with Crippen molar-refractivity contribution in [3.05, 3.63) is 48.0 Å². The number of benzene rings is 2. The minimum Gasteiger partial charge on any atom is -0.455 e. The zero-order chi connectivity index (χ0) is 14.8. The fourth-order valence-electron chi connectivity index (χ4n) is 1.63. The van der Waals surface area contributed by atoms with Crippen molar-refractivity contribution in [2.75, 3.05) is 5.73 Å². The van der Waals surface area contributed by atoms with E-state index in [0.717, 1.165) is 0 Å². The molecule has 0 amide bonds. The van der Waals surface area contributed by atoms with E-state index in [2.05, 4.69) is 0 Å². The van der Waals surface area contributed by atoms with Crippen molar-refractivity contribution in [1.29, 1.82) is 0 Å². The Morgan fingerprint density at radius 2 is 1.80 bits per heavy atom. The van der Waals surface area contributed by atoms with Crippen LogP contribution in [0.2, 0.25) is 0 Å². The SMILES string of the molecule is Cc1cc(Oc2ccccc2N)ccc1SC(F)(F)F. The van der Waals surface area contributed by atoms with E-state index in [1.165, 1.54) is 12.1 Å². The highest BCUT2D eigenvalue weighted by atomic mass is 32.2. The van der Waals surface area contributed by atoms with Crippen molar-refractivity contribution in [3.63, 3.8) is 0 Å². The van der Waals surface area contributed by atoms with Gasteiger partial charge in [-0.15, -0.1) is 0 Å². The van der Waals surface area contributed by atoms with Crippen LogP contribution in [0.4, 0.5) is 18.9 Å². The zero-order valence-corrected chi connectivity index (χ0v) is 11.4. The van der Waals surface area contributed by atoms with Gasteiger partial charge in [-0.05, 0) is 54.6 Å². The number of aryl methyl sites for hydroxylation is 1. The predicted molar refractivity (Wildman–Crippen MR) is 74.0 cm³/mol. The number of ether oxygens (including phenoxy) is 1. The van der Waals surface area contributed by atoms with Gasteiger partial charge in [-0.3, -0.25) is 0 Å². The summed E-state index contributed by atoms with van der Waals surface area (Å²) < 4.78 is 42.6. The van der Waals surface area contributed by atoms with Crippen LogP contribution < -0.4 is 10.5 Å². The Hall–Kier alpha value is -1.82. The first-order valence-electron chi connectivity index (χ1n) is 5.74. The molecule has 2 nitrogen and oxygen atoms in total. The van der Waals surface area contributed by atoms with Gasteiger partial charge in [0.15, 0.2) is 0 Å². The number of alkyl halides is 3. The Balaban J connectivity index is 2.19. The lowest BCUT2D eigenvalue weighted by atomic mass is 10.2. The number of hydrogen-bond acceptors (Lipinski definition) is 3. The third kappa shape index (κ3) is 3.84. The molecule has 2 aromatic carbocycles. The van der Waals surface area contributed by atoms with Gasteiger partial charge in [0.1, 0.15) is 11.5 Å². The molecule has 0 radical (unpaired) electrons. The molecular formula is C14H12F3NOS. The summed E-state index contributed by atoms with van der Waals surface area (Å²) >= 11 is -0.135. The second kappa shape index (κ2) is 5.66. The second-order valence-corrected chi connectivity index (χ2v) is 5.22. The fraction of sp³-hybridized carbons (Fsp3) is 0.143. The van der Waals surface area contributed by atoms with Crippen molar-refractivity contribution in [2.45, 2.75) is 17.3 Å². The topological polar surface area (TPSA) is 35.2 Å². The summed E-state index contributed by atoms with van der Waals surface area (Å²) in [6.45, 7) is 1.61. The van der Waals surface area contributed by atoms with Crippen LogP contribution >= 0.6 is 11.8 Å². The number of anilines is 1. The standard InChI is InChI=1S/C14H12F3NOS/c1-9-8-10(6-7-13(9)20-14(15,16)17)19-12-5-3-2-4-11(12)18/h2-8H,18H2,1H3. The van der Waals surface area contributed by atoms with Gasteiger partial charge in [-0.25, -0.2) is 0 Å². The number of para-hydroxylation sites is 2. The molecule has 106 valence electrons. The third-order valence-corrected chi connectivity index (χ3v) is 3.43. The summed E-state index contributed by atoms with van der Waals surface area (Å²) in [5.41, 5.74) is 2.42. The lowest BCUT2D eigenvalue weighted by molar-refractivity contribution is -0.0328. The van der Waals surface area contributed by atoms with E-state index >= 15 is 0 Å².